The number of hydrogen-bond donors (Lipinski definition) is 3. The number of rotatable bonds is 7. The molecule has 1 aliphatic heterocycles. The molecule has 2 aromatic carbocycles. The summed E-state index contributed by atoms with van der Waals surface area (Å²) >= 11 is 6.32. The molecule has 28 heavy (non-hydrogen) atoms. The Labute approximate surface area is 168 Å². The van der Waals surface area contributed by atoms with E-state index in [-0.39, 0.29) is 5.76 Å². The van der Waals surface area contributed by atoms with E-state index in [1.165, 1.54) is 6.26 Å². The summed E-state index contributed by atoms with van der Waals surface area (Å²) in [5, 5.41) is 29.8. The van der Waals surface area contributed by atoms with Crippen molar-refractivity contribution in [3.05, 3.63) is 70.6 Å². The van der Waals surface area contributed by atoms with E-state index in [2.05, 4.69) is 0 Å². The minimum absolute atomic E-state index is 0.0616. The van der Waals surface area contributed by atoms with E-state index >= 15 is 0 Å². The zero-order valence-electron chi connectivity index (χ0n) is 15.4. The Morgan fingerprint density at radius 1 is 1.07 bits per heavy atom. The van der Waals surface area contributed by atoms with Crippen molar-refractivity contribution in [3.63, 3.8) is 0 Å². The smallest absolute Gasteiger partial charge is 0.170 e. The van der Waals surface area contributed by atoms with E-state index in [0.29, 0.717) is 23.8 Å². The van der Waals surface area contributed by atoms with Crippen molar-refractivity contribution in [2.75, 3.05) is 13.2 Å². The van der Waals surface area contributed by atoms with Gasteiger partial charge in [0.05, 0.1) is 13.2 Å². The Balaban J connectivity index is 1.73. The van der Waals surface area contributed by atoms with Crippen LogP contribution in [0.3, 0.4) is 0 Å². The second-order valence-corrected chi connectivity index (χ2v) is 6.83. The zero-order chi connectivity index (χ0) is 20.1. The highest BCUT2D eigenvalue weighted by molar-refractivity contribution is 6.31. The molecule has 2 unspecified atom stereocenters. The minimum Gasteiger partial charge on any atom is -0.494 e. The zero-order valence-corrected chi connectivity index (χ0v) is 16.2. The predicted octanol–water partition coefficient (Wildman–Crippen LogP) is 2.66. The number of halogens is 1. The third-order valence-corrected chi connectivity index (χ3v) is 4.79. The lowest BCUT2D eigenvalue weighted by atomic mass is 10.0. The first-order valence-corrected chi connectivity index (χ1v) is 9.40. The molecule has 3 N–H and O–H groups in total. The van der Waals surface area contributed by atoms with Gasteiger partial charge in [-0.05, 0) is 54.8 Å². The Kier molecular flexibility index (Phi) is 6.80. The Morgan fingerprint density at radius 2 is 1.79 bits per heavy atom. The molecule has 0 saturated carbocycles. The van der Waals surface area contributed by atoms with Crippen LogP contribution in [0.1, 0.15) is 18.1 Å². The Hall–Kier alpha value is -2.25. The van der Waals surface area contributed by atoms with Crippen LogP contribution in [0, 0.1) is 0 Å². The van der Waals surface area contributed by atoms with E-state index in [1.54, 1.807) is 18.2 Å². The summed E-state index contributed by atoms with van der Waals surface area (Å²) in [5.74, 6) is 1.33. The van der Waals surface area contributed by atoms with Crippen molar-refractivity contribution in [1.29, 1.82) is 0 Å². The van der Waals surface area contributed by atoms with Crippen LogP contribution in [0.25, 0.3) is 0 Å². The van der Waals surface area contributed by atoms with Crippen molar-refractivity contribution in [2.24, 2.45) is 0 Å². The molecule has 0 aromatic heterocycles. The number of ether oxygens (including phenoxy) is 3. The fraction of sp³-hybridized carbons (Fsp3) is 0.333. The first kappa shape index (κ1) is 20.5. The van der Waals surface area contributed by atoms with Gasteiger partial charge in [-0.1, -0.05) is 23.7 Å². The van der Waals surface area contributed by atoms with Crippen molar-refractivity contribution < 1.29 is 29.5 Å². The van der Waals surface area contributed by atoms with Crippen molar-refractivity contribution in [2.45, 2.75) is 31.7 Å². The highest BCUT2D eigenvalue weighted by Gasteiger charge is 2.35. The third-order valence-electron chi connectivity index (χ3n) is 4.42. The Bertz CT molecular complexity index is 820. The van der Waals surface area contributed by atoms with Crippen LogP contribution < -0.4 is 9.47 Å². The number of aliphatic hydroxyl groups excluding tert-OH is 3. The summed E-state index contributed by atoms with van der Waals surface area (Å²) in [6, 6.07) is 12.9. The number of aliphatic hydroxyl groups is 3. The van der Waals surface area contributed by atoms with Gasteiger partial charge in [-0.2, -0.15) is 0 Å². The van der Waals surface area contributed by atoms with Crippen LogP contribution in [0.2, 0.25) is 5.02 Å². The fourth-order valence-corrected chi connectivity index (χ4v) is 3.07. The fourth-order valence-electron chi connectivity index (χ4n) is 2.89. The highest BCUT2D eigenvalue weighted by atomic mass is 35.5. The maximum atomic E-state index is 10.2. The van der Waals surface area contributed by atoms with Crippen molar-refractivity contribution in [3.8, 4) is 11.5 Å². The van der Waals surface area contributed by atoms with E-state index in [0.717, 1.165) is 16.9 Å². The maximum Gasteiger partial charge on any atom is 0.170 e. The lowest BCUT2D eigenvalue weighted by Crippen LogP contribution is -2.45. The predicted molar refractivity (Wildman–Crippen MR) is 105 cm³/mol. The summed E-state index contributed by atoms with van der Waals surface area (Å²) in [4.78, 5) is 0. The maximum absolute atomic E-state index is 10.2. The van der Waals surface area contributed by atoms with Gasteiger partial charge in [0.25, 0.3) is 0 Å². The summed E-state index contributed by atoms with van der Waals surface area (Å²) in [6.07, 6.45) is -1.66. The van der Waals surface area contributed by atoms with Crippen LogP contribution in [0.4, 0.5) is 0 Å². The molecule has 7 heteroatoms. The minimum atomic E-state index is -1.30. The van der Waals surface area contributed by atoms with Gasteiger partial charge in [-0.25, -0.2) is 0 Å². The second kappa shape index (κ2) is 9.30. The van der Waals surface area contributed by atoms with Crippen LogP contribution in [-0.2, 0) is 11.2 Å². The summed E-state index contributed by atoms with van der Waals surface area (Å²) in [6.45, 7) is 2.14. The van der Waals surface area contributed by atoms with Crippen LogP contribution >= 0.6 is 11.6 Å². The molecule has 0 saturated heterocycles. The molecule has 1 heterocycles. The van der Waals surface area contributed by atoms with Gasteiger partial charge < -0.3 is 29.5 Å². The molecule has 0 radical (unpaired) electrons. The first-order chi connectivity index (χ1) is 13.5. The summed E-state index contributed by atoms with van der Waals surface area (Å²) in [5.41, 5.74) is 1.91. The van der Waals surface area contributed by atoms with Gasteiger partial charge in [0.1, 0.15) is 36.1 Å². The van der Waals surface area contributed by atoms with Crippen molar-refractivity contribution in [1.82, 2.24) is 0 Å². The lowest BCUT2D eigenvalue weighted by Gasteiger charge is -2.30. The molecule has 0 bridgehead atoms. The third kappa shape index (κ3) is 4.77. The van der Waals surface area contributed by atoms with Crippen LogP contribution in [-0.4, -0.2) is 46.8 Å². The van der Waals surface area contributed by atoms with Gasteiger partial charge in [-0.3, -0.25) is 0 Å². The van der Waals surface area contributed by atoms with Gasteiger partial charge in [0.15, 0.2) is 5.76 Å². The molecule has 150 valence electrons. The van der Waals surface area contributed by atoms with Crippen LogP contribution in [0.5, 0.6) is 11.5 Å². The van der Waals surface area contributed by atoms with E-state index in [9.17, 15) is 10.2 Å². The lowest BCUT2D eigenvalue weighted by molar-refractivity contribution is -0.0986. The average molecular weight is 407 g/mol. The number of hydrogen-bond acceptors (Lipinski definition) is 6. The molecule has 0 amide bonds. The summed E-state index contributed by atoms with van der Waals surface area (Å²) < 4.78 is 16.3. The Morgan fingerprint density at radius 3 is 2.46 bits per heavy atom. The largest absolute Gasteiger partial charge is 0.494 e. The van der Waals surface area contributed by atoms with Gasteiger partial charge in [0, 0.05) is 5.02 Å². The van der Waals surface area contributed by atoms with E-state index in [1.807, 2.05) is 31.2 Å². The first-order valence-electron chi connectivity index (χ1n) is 9.02. The highest BCUT2D eigenvalue weighted by Crippen LogP contribution is 2.28. The molecule has 3 atom stereocenters. The molecule has 3 rings (SSSR count). The van der Waals surface area contributed by atoms with Crippen molar-refractivity contribution >= 4 is 11.6 Å². The van der Waals surface area contributed by atoms with E-state index in [4.69, 9.17) is 30.9 Å². The van der Waals surface area contributed by atoms with Gasteiger partial charge in [-0.15, -0.1) is 0 Å². The quantitative estimate of drug-likeness (QED) is 0.655. The van der Waals surface area contributed by atoms with Crippen LogP contribution in [0.15, 0.2) is 54.5 Å². The van der Waals surface area contributed by atoms with E-state index < -0.39 is 24.9 Å². The number of benzene rings is 2. The molecule has 0 fully saturated rings. The molecule has 0 spiro atoms. The average Bonchev–Trinajstić information content (AvgIpc) is 2.70. The molecule has 2 aromatic rings. The molecular formula is C21H23ClO6. The summed E-state index contributed by atoms with van der Waals surface area (Å²) in [7, 11) is 0. The topological polar surface area (TPSA) is 88.4 Å². The SMILES string of the molecule is CCOc1ccc(Cc2cc(OC3=COC(CO)[C@@H](O)C3O)ccc2Cl)cc1. The molecule has 1 aliphatic rings. The molecule has 0 aliphatic carbocycles. The standard InChI is InChI=1S/C21H23ClO6/c1-2-26-15-5-3-13(4-6-15)9-14-10-16(7-8-17(14)22)28-19-12-27-18(11-23)20(24)21(19)25/h3-8,10,12,18,20-21,23-25H,2,9,11H2,1H3/t18?,20-,21?/m1/s1. The molecular weight excluding hydrogens is 384 g/mol. The monoisotopic (exact) mass is 406 g/mol. The van der Waals surface area contributed by atoms with Gasteiger partial charge in [0.2, 0.25) is 0 Å². The second-order valence-electron chi connectivity index (χ2n) is 6.42. The normalized spacial score (nSPS) is 21.6. The molecule has 6 nitrogen and oxygen atoms in total. The van der Waals surface area contributed by atoms with Gasteiger partial charge >= 0.3 is 0 Å².